The molecule has 23 heavy (non-hydrogen) atoms. The molecule has 4 rings (SSSR count). The number of fused-ring (bicyclic) bond motifs is 1. The van der Waals surface area contributed by atoms with Gasteiger partial charge >= 0.3 is 0 Å². The molecule has 0 spiro atoms. The summed E-state index contributed by atoms with van der Waals surface area (Å²) < 4.78 is 8.05. The predicted molar refractivity (Wildman–Crippen MR) is 90.4 cm³/mol. The van der Waals surface area contributed by atoms with Gasteiger partial charge in [0.05, 0.1) is 18.8 Å². The summed E-state index contributed by atoms with van der Waals surface area (Å²) in [4.78, 5) is 6.91. The quantitative estimate of drug-likeness (QED) is 0.782. The first-order chi connectivity index (χ1) is 11.3. The minimum absolute atomic E-state index is 0.380. The highest BCUT2D eigenvalue weighted by Gasteiger charge is 2.30. The fourth-order valence-electron chi connectivity index (χ4n) is 3.24. The average Bonchev–Trinajstić information content (AvgIpc) is 3.06. The summed E-state index contributed by atoms with van der Waals surface area (Å²) in [6.07, 6.45) is 6.78. The molecule has 0 N–H and O–H groups in total. The summed E-state index contributed by atoms with van der Waals surface area (Å²) in [5.41, 5.74) is 2.60. The van der Waals surface area contributed by atoms with Crippen molar-refractivity contribution in [3.63, 3.8) is 0 Å². The number of ether oxygens (including phenoxy) is 1. The lowest BCUT2D eigenvalue weighted by atomic mass is 9.97. The highest BCUT2D eigenvalue weighted by molar-refractivity contribution is 7.09. The Kier molecular flexibility index (Phi) is 4.46. The molecule has 0 aromatic carbocycles. The van der Waals surface area contributed by atoms with Gasteiger partial charge in [-0.05, 0) is 25.7 Å². The van der Waals surface area contributed by atoms with E-state index in [0.717, 1.165) is 45.3 Å². The van der Waals surface area contributed by atoms with Gasteiger partial charge in [-0.15, -0.1) is 11.3 Å². The van der Waals surface area contributed by atoms with E-state index in [-0.39, 0.29) is 0 Å². The number of aryl methyl sites for hydroxylation is 1. The molecule has 1 aliphatic carbocycles. The second-order valence-electron chi connectivity index (χ2n) is 6.67. The molecule has 1 saturated carbocycles. The lowest BCUT2D eigenvalue weighted by Crippen LogP contribution is -2.35. The molecule has 1 fully saturated rings. The summed E-state index contributed by atoms with van der Waals surface area (Å²) in [6.45, 7) is 7.68. The Bertz CT molecular complexity index is 635. The van der Waals surface area contributed by atoms with Crippen LogP contribution in [0.25, 0.3) is 0 Å². The van der Waals surface area contributed by atoms with Crippen molar-refractivity contribution in [1.82, 2.24) is 19.7 Å². The number of hydrogen-bond donors (Lipinski definition) is 0. The van der Waals surface area contributed by atoms with Gasteiger partial charge in [0.2, 0.25) is 0 Å². The van der Waals surface area contributed by atoms with Gasteiger partial charge < -0.3 is 4.74 Å². The predicted octanol–water partition coefficient (Wildman–Crippen LogP) is 2.89. The zero-order valence-corrected chi connectivity index (χ0v) is 14.5. The van der Waals surface area contributed by atoms with Gasteiger partial charge in [-0.2, -0.15) is 5.10 Å². The Morgan fingerprint density at radius 3 is 3.00 bits per heavy atom. The molecule has 6 heteroatoms. The van der Waals surface area contributed by atoms with Gasteiger partial charge in [-0.3, -0.25) is 9.58 Å². The highest BCUT2D eigenvalue weighted by Crippen LogP contribution is 2.31. The third kappa shape index (κ3) is 3.65. The number of aromatic nitrogens is 3. The summed E-state index contributed by atoms with van der Waals surface area (Å²) in [7, 11) is 0. The van der Waals surface area contributed by atoms with E-state index < -0.39 is 0 Å². The van der Waals surface area contributed by atoms with Crippen LogP contribution in [0.15, 0.2) is 17.8 Å². The second kappa shape index (κ2) is 6.71. The van der Waals surface area contributed by atoms with E-state index in [9.17, 15) is 0 Å². The van der Waals surface area contributed by atoms with Crippen LogP contribution in [-0.2, 0) is 24.4 Å². The van der Waals surface area contributed by atoms with Crippen LogP contribution in [0.4, 0.5) is 0 Å². The van der Waals surface area contributed by atoms with Crippen LogP contribution in [0.5, 0.6) is 0 Å². The Morgan fingerprint density at radius 1 is 1.35 bits per heavy atom. The van der Waals surface area contributed by atoms with Crippen LogP contribution in [0.3, 0.4) is 0 Å². The van der Waals surface area contributed by atoms with Gasteiger partial charge in [0.25, 0.3) is 0 Å². The van der Waals surface area contributed by atoms with Gasteiger partial charge in [-0.25, -0.2) is 4.98 Å². The van der Waals surface area contributed by atoms with E-state index in [0.29, 0.717) is 5.92 Å². The number of thiazole rings is 1. The molecule has 0 amide bonds. The maximum atomic E-state index is 5.99. The van der Waals surface area contributed by atoms with Gasteiger partial charge in [0, 0.05) is 55.5 Å². The van der Waals surface area contributed by atoms with Crippen LogP contribution in [0, 0.1) is 5.92 Å². The van der Waals surface area contributed by atoms with Crippen LogP contribution < -0.4 is 0 Å². The Hall–Kier alpha value is -1.24. The van der Waals surface area contributed by atoms with Crippen LogP contribution >= 0.6 is 11.3 Å². The molecule has 1 atom stereocenters. The third-order valence-electron chi connectivity index (χ3n) is 4.67. The summed E-state index contributed by atoms with van der Waals surface area (Å²) in [6, 6.07) is 0. The molecule has 0 bridgehead atoms. The van der Waals surface area contributed by atoms with Crippen molar-refractivity contribution in [3.8, 4) is 0 Å². The first-order valence-corrected chi connectivity index (χ1v) is 9.44. The number of rotatable bonds is 7. The normalized spacial score (nSPS) is 21.5. The van der Waals surface area contributed by atoms with Crippen molar-refractivity contribution in [2.24, 2.45) is 5.92 Å². The van der Waals surface area contributed by atoms with Gasteiger partial charge in [0.15, 0.2) is 0 Å². The van der Waals surface area contributed by atoms with Crippen LogP contribution in [-0.4, -0.2) is 39.4 Å². The highest BCUT2D eigenvalue weighted by atomic mass is 32.1. The van der Waals surface area contributed by atoms with E-state index in [2.05, 4.69) is 33.1 Å². The Balaban J connectivity index is 1.46. The van der Waals surface area contributed by atoms with Crippen molar-refractivity contribution < 1.29 is 4.74 Å². The zero-order chi connectivity index (χ0) is 15.6. The molecule has 124 valence electrons. The Labute approximate surface area is 141 Å². The molecular formula is C17H24N4OS. The van der Waals surface area contributed by atoms with Crippen LogP contribution in [0.1, 0.15) is 41.9 Å². The first kappa shape index (κ1) is 15.3. The summed E-state index contributed by atoms with van der Waals surface area (Å²) in [5, 5.41) is 8.03. The lowest BCUT2D eigenvalue weighted by Gasteiger charge is -2.31. The average molecular weight is 332 g/mol. The van der Waals surface area contributed by atoms with E-state index in [1.807, 2.05) is 6.20 Å². The molecule has 1 aliphatic heterocycles. The monoisotopic (exact) mass is 332 g/mol. The van der Waals surface area contributed by atoms with E-state index in [1.165, 1.54) is 29.1 Å². The van der Waals surface area contributed by atoms with E-state index in [1.54, 1.807) is 11.3 Å². The van der Waals surface area contributed by atoms with Crippen LogP contribution in [0.2, 0.25) is 0 Å². The van der Waals surface area contributed by atoms with E-state index in [4.69, 9.17) is 9.84 Å². The van der Waals surface area contributed by atoms with Gasteiger partial charge in [0.1, 0.15) is 5.01 Å². The summed E-state index contributed by atoms with van der Waals surface area (Å²) >= 11 is 1.73. The smallest absolute Gasteiger partial charge is 0.107 e. The summed E-state index contributed by atoms with van der Waals surface area (Å²) in [5.74, 6) is 1.20. The largest absolute Gasteiger partial charge is 0.380 e. The molecule has 0 radical (unpaired) electrons. The molecular weight excluding hydrogens is 308 g/mol. The molecule has 2 aromatic heterocycles. The first-order valence-electron chi connectivity index (χ1n) is 8.56. The molecule has 2 aliphatic rings. The fraction of sp³-hybridized carbons (Fsp3) is 0.647. The maximum absolute atomic E-state index is 5.99. The zero-order valence-electron chi connectivity index (χ0n) is 13.6. The van der Waals surface area contributed by atoms with E-state index >= 15 is 0 Å². The Morgan fingerprint density at radius 2 is 2.26 bits per heavy atom. The van der Waals surface area contributed by atoms with Crippen molar-refractivity contribution in [2.75, 3.05) is 19.8 Å². The van der Waals surface area contributed by atoms with Crippen molar-refractivity contribution >= 4 is 11.3 Å². The minimum atomic E-state index is 0.380. The van der Waals surface area contributed by atoms with Crippen molar-refractivity contribution in [3.05, 3.63) is 34.0 Å². The molecule has 0 saturated heterocycles. The van der Waals surface area contributed by atoms with Crippen molar-refractivity contribution in [1.29, 1.82) is 0 Å². The fourth-order valence-corrected chi connectivity index (χ4v) is 3.90. The molecule has 2 aromatic rings. The number of hydrogen-bond acceptors (Lipinski definition) is 5. The lowest BCUT2D eigenvalue weighted by molar-refractivity contribution is 0.0881. The van der Waals surface area contributed by atoms with Gasteiger partial charge in [-0.1, -0.05) is 0 Å². The topological polar surface area (TPSA) is 43.2 Å². The SMILES string of the molecule is CCn1cc2c(n1)[C@H](COCC1CC1)CN(Cc1nccs1)C2. The minimum Gasteiger partial charge on any atom is -0.380 e. The molecule has 3 heterocycles. The second-order valence-corrected chi connectivity index (χ2v) is 7.65. The third-order valence-corrected chi connectivity index (χ3v) is 5.43. The maximum Gasteiger partial charge on any atom is 0.107 e. The number of nitrogens with zero attached hydrogens (tertiary/aromatic N) is 4. The molecule has 0 unspecified atom stereocenters. The standard InChI is InChI=1S/C17H24N4OS/c1-2-21-9-14-7-20(10-16-18-5-6-23-16)8-15(17(14)19-21)12-22-11-13-3-4-13/h5-6,9,13,15H,2-4,7-8,10-12H2,1H3/t15-/m0/s1. The molecule has 5 nitrogen and oxygen atoms in total. The van der Waals surface area contributed by atoms with Crippen molar-refractivity contribution in [2.45, 2.75) is 45.3 Å².